The molecule has 0 bridgehead atoms. The summed E-state index contributed by atoms with van der Waals surface area (Å²) in [6.07, 6.45) is 3.30. The maximum absolute atomic E-state index is 12.9. The lowest BCUT2D eigenvalue weighted by Crippen LogP contribution is -2.38. The highest BCUT2D eigenvalue weighted by atomic mass is 127. The van der Waals surface area contributed by atoms with E-state index in [-0.39, 0.29) is 29.8 Å². The summed E-state index contributed by atoms with van der Waals surface area (Å²) in [5.41, 5.74) is 1.09. The number of ether oxygens (including phenoxy) is 1. The predicted molar refractivity (Wildman–Crippen MR) is 112 cm³/mol. The summed E-state index contributed by atoms with van der Waals surface area (Å²) in [6.45, 7) is 5.39. The van der Waals surface area contributed by atoms with Crippen LogP contribution in [-0.4, -0.2) is 32.2 Å². The van der Waals surface area contributed by atoms with Crippen LogP contribution >= 0.6 is 24.0 Å². The molecule has 0 spiro atoms. The number of guanidine groups is 1. The Morgan fingerprint density at radius 1 is 1.19 bits per heavy atom. The van der Waals surface area contributed by atoms with E-state index in [1.165, 1.54) is 12.1 Å². The molecule has 0 radical (unpaired) electrons. The van der Waals surface area contributed by atoms with Gasteiger partial charge in [-0.25, -0.2) is 4.39 Å². The smallest absolute Gasteiger partial charge is 0.191 e. The maximum atomic E-state index is 12.9. The first-order chi connectivity index (χ1) is 12.3. The van der Waals surface area contributed by atoms with Crippen molar-refractivity contribution >= 4 is 29.9 Å². The molecular weight excluding hydrogens is 448 g/mol. The lowest BCUT2D eigenvalue weighted by molar-refractivity contribution is 0.105. The Bertz CT molecular complexity index is 618. The zero-order chi connectivity index (χ0) is 17.7. The van der Waals surface area contributed by atoms with E-state index in [1.54, 1.807) is 18.4 Å². The Labute approximate surface area is 171 Å². The van der Waals surface area contributed by atoms with Crippen LogP contribution in [0.4, 0.5) is 4.39 Å². The van der Waals surface area contributed by atoms with Gasteiger partial charge in [0.1, 0.15) is 18.2 Å². The van der Waals surface area contributed by atoms with Crippen molar-refractivity contribution < 1.29 is 13.5 Å². The van der Waals surface area contributed by atoms with Gasteiger partial charge in [-0.15, -0.1) is 24.0 Å². The molecule has 0 amide bonds. The van der Waals surface area contributed by atoms with Gasteiger partial charge in [-0.1, -0.05) is 12.1 Å². The zero-order valence-electron chi connectivity index (χ0n) is 15.0. The van der Waals surface area contributed by atoms with Gasteiger partial charge in [0.15, 0.2) is 5.96 Å². The summed E-state index contributed by atoms with van der Waals surface area (Å²) in [4.78, 5) is 4.52. The SMILES string of the molecule is CCNC(=NCCCOCc1ccco1)NCCc1ccc(F)cc1.I. The second kappa shape index (κ2) is 13.6. The second-order valence-corrected chi connectivity index (χ2v) is 5.55. The first-order valence-electron chi connectivity index (χ1n) is 8.64. The molecule has 5 nitrogen and oxygen atoms in total. The van der Waals surface area contributed by atoms with Gasteiger partial charge >= 0.3 is 0 Å². The minimum Gasteiger partial charge on any atom is -0.467 e. The Morgan fingerprint density at radius 3 is 2.69 bits per heavy atom. The third-order valence-electron chi connectivity index (χ3n) is 3.50. The predicted octanol–water partition coefficient (Wildman–Crippen LogP) is 3.74. The number of furan rings is 1. The van der Waals surface area contributed by atoms with Crippen LogP contribution < -0.4 is 10.6 Å². The second-order valence-electron chi connectivity index (χ2n) is 5.55. The summed E-state index contributed by atoms with van der Waals surface area (Å²) in [5, 5.41) is 6.50. The van der Waals surface area contributed by atoms with Crippen LogP contribution in [0.15, 0.2) is 52.1 Å². The molecule has 1 heterocycles. The number of rotatable bonds is 10. The van der Waals surface area contributed by atoms with Gasteiger partial charge in [-0.05, 0) is 49.6 Å². The van der Waals surface area contributed by atoms with E-state index >= 15 is 0 Å². The molecule has 0 saturated carbocycles. The molecule has 1 aromatic heterocycles. The van der Waals surface area contributed by atoms with Crippen molar-refractivity contribution in [3.05, 3.63) is 59.8 Å². The molecule has 2 rings (SSSR count). The van der Waals surface area contributed by atoms with E-state index in [9.17, 15) is 4.39 Å². The van der Waals surface area contributed by atoms with Gasteiger partial charge in [0, 0.05) is 26.2 Å². The van der Waals surface area contributed by atoms with Crippen molar-refractivity contribution in [3.8, 4) is 0 Å². The third-order valence-corrected chi connectivity index (χ3v) is 3.50. The van der Waals surface area contributed by atoms with Crippen molar-refractivity contribution in [1.29, 1.82) is 0 Å². The summed E-state index contributed by atoms with van der Waals surface area (Å²) in [7, 11) is 0. The topological polar surface area (TPSA) is 58.8 Å². The molecule has 0 saturated heterocycles. The van der Waals surface area contributed by atoms with Crippen LogP contribution in [0.25, 0.3) is 0 Å². The standard InChI is InChI=1S/C19H26FN3O2.HI/c1-2-21-19(23-12-10-16-6-8-17(20)9-7-16)22-11-4-13-24-15-18-5-3-14-25-18;/h3,5-9,14H,2,4,10-13,15H2,1H3,(H2,21,22,23);1H. The van der Waals surface area contributed by atoms with E-state index in [4.69, 9.17) is 9.15 Å². The number of hydrogen-bond donors (Lipinski definition) is 2. The van der Waals surface area contributed by atoms with E-state index in [0.29, 0.717) is 19.8 Å². The van der Waals surface area contributed by atoms with Crippen LogP contribution in [0.1, 0.15) is 24.7 Å². The molecule has 0 fully saturated rings. The van der Waals surface area contributed by atoms with E-state index in [1.807, 2.05) is 19.1 Å². The lowest BCUT2D eigenvalue weighted by atomic mass is 10.1. The average molecular weight is 475 g/mol. The molecule has 1 aromatic carbocycles. The molecule has 0 unspecified atom stereocenters. The first kappa shape index (κ1) is 22.4. The van der Waals surface area contributed by atoms with Crippen LogP contribution in [0.3, 0.4) is 0 Å². The highest BCUT2D eigenvalue weighted by Gasteiger charge is 1.99. The highest BCUT2D eigenvalue weighted by molar-refractivity contribution is 14.0. The largest absolute Gasteiger partial charge is 0.467 e. The van der Waals surface area contributed by atoms with Crippen molar-refractivity contribution in [3.63, 3.8) is 0 Å². The van der Waals surface area contributed by atoms with Crippen LogP contribution in [0.5, 0.6) is 0 Å². The lowest BCUT2D eigenvalue weighted by Gasteiger charge is -2.11. The number of benzene rings is 1. The molecule has 0 aliphatic rings. The molecule has 2 aromatic rings. The number of nitrogens with zero attached hydrogens (tertiary/aromatic N) is 1. The molecule has 26 heavy (non-hydrogen) atoms. The normalized spacial score (nSPS) is 11.1. The Morgan fingerprint density at radius 2 is 2.00 bits per heavy atom. The highest BCUT2D eigenvalue weighted by Crippen LogP contribution is 2.03. The van der Waals surface area contributed by atoms with Crippen molar-refractivity contribution in [2.45, 2.75) is 26.4 Å². The third kappa shape index (κ3) is 9.19. The van der Waals surface area contributed by atoms with Gasteiger partial charge in [-0.2, -0.15) is 0 Å². The minimum atomic E-state index is -0.208. The van der Waals surface area contributed by atoms with Gasteiger partial charge in [0.05, 0.1) is 6.26 Å². The van der Waals surface area contributed by atoms with E-state index in [2.05, 4.69) is 15.6 Å². The van der Waals surface area contributed by atoms with E-state index in [0.717, 1.165) is 43.2 Å². The number of nitrogens with one attached hydrogen (secondary N) is 2. The van der Waals surface area contributed by atoms with Crippen molar-refractivity contribution in [2.75, 3.05) is 26.2 Å². The monoisotopic (exact) mass is 475 g/mol. The molecule has 0 aliphatic heterocycles. The van der Waals surface area contributed by atoms with Gasteiger partial charge < -0.3 is 19.8 Å². The quantitative estimate of drug-likeness (QED) is 0.238. The average Bonchev–Trinajstić information content (AvgIpc) is 3.13. The first-order valence-corrected chi connectivity index (χ1v) is 8.64. The fraction of sp³-hybridized carbons (Fsp3) is 0.421. The Balaban J connectivity index is 0.00000338. The molecule has 0 atom stereocenters. The Kier molecular flexibility index (Phi) is 11.7. The van der Waals surface area contributed by atoms with Crippen LogP contribution in [0.2, 0.25) is 0 Å². The number of halogens is 2. The molecule has 2 N–H and O–H groups in total. The van der Waals surface area contributed by atoms with Crippen LogP contribution in [0, 0.1) is 5.82 Å². The summed E-state index contributed by atoms with van der Waals surface area (Å²) < 4.78 is 23.6. The van der Waals surface area contributed by atoms with Crippen molar-refractivity contribution in [2.24, 2.45) is 4.99 Å². The minimum absolute atomic E-state index is 0. The van der Waals surface area contributed by atoms with Gasteiger partial charge in [0.25, 0.3) is 0 Å². The number of aliphatic imine (C=N–C) groups is 1. The maximum Gasteiger partial charge on any atom is 0.191 e. The zero-order valence-corrected chi connectivity index (χ0v) is 17.4. The number of hydrogen-bond acceptors (Lipinski definition) is 3. The van der Waals surface area contributed by atoms with Gasteiger partial charge in [0.2, 0.25) is 0 Å². The molecule has 0 aliphatic carbocycles. The summed E-state index contributed by atoms with van der Waals surface area (Å²) >= 11 is 0. The summed E-state index contributed by atoms with van der Waals surface area (Å²) in [6, 6.07) is 10.3. The van der Waals surface area contributed by atoms with Crippen LogP contribution in [-0.2, 0) is 17.8 Å². The molecular formula is C19H27FIN3O2. The summed E-state index contributed by atoms with van der Waals surface area (Å²) in [5.74, 6) is 1.41. The molecule has 7 heteroatoms. The fourth-order valence-electron chi connectivity index (χ4n) is 2.24. The molecule has 144 valence electrons. The van der Waals surface area contributed by atoms with Gasteiger partial charge in [-0.3, -0.25) is 4.99 Å². The Hall–Kier alpha value is -1.61. The van der Waals surface area contributed by atoms with E-state index < -0.39 is 0 Å². The fourth-order valence-corrected chi connectivity index (χ4v) is 2.24. The van der Waals surface area contributed by atoms with Crippen molar-refractivity contribution in [1.82, 2.24) is 10.6 Å².